The van der Waals surface area contributed by atoms with Crippen molar-refractivity contribution < 1.29 is 5.11 Å². The highest BCUT2D eigenvalue weighted by molar-refractivity contribution is 5.21. The molecule has 1 saturated carbocycles. The molecule has 1 aliphatic carbocycles. The van der Waals surface area contributed by atoms with Crippen LogP contribution in [0.15, 0.2) is 24.3 Å². The predicted molar refractivity (Wildman–Crippen MR) is 62.8 cm³/mol. The molecule has 1 nitrogen and oxygen atoms in total. The minimum Gasteiger partial charge on any atom is -0.396 e. The summed E-state index contributed by atoms with van der Waals surface area (Å²) in [6.45, 7) is 2.46. The zero-order valence-corrected chi connectivity index (χ0v) is 9.45. The summed E-state index contributed by atoms with van der Waals surface area (Å²) in [6, 6.07) is 8.70. The summed E-state index contributed by atoms with van der Waals surface area (Å²) in [5.74, 6) is 1.26. The third-order valence-corrected chi connectivity index (χ3v) is 3.67. The van der Waals surface area contributed by atoms with Crippen molar-refractivity contribution in [2.24, 2.45) is 11.8 Å². The smallest absolute Gasteiger partial charge is 0.0465 e. The third-order valence-electron chi connectivity index (χ3n) is 3.67. The Kier molecular flexibility index (Phi) is 3.42. The number of benzene rings is 1. The lowest BCUT2D eigenvalue weighted by Gasteiger charge is -2.32. The molecule has 1 aromatic rings. The maximum atomic E-state index is 9.38. The molecule has 0 spiro atoms. The van der Waals surface area contributed by atoms with Crippen LogP contribution in [0.4, 0.5) is 0 Å². The van der Waals surface area contributed by atoms with E-state index in [1.54, 1.807) is 0 Å². The van der Waals surface area contributed by atoms with Crippen molar-refractivity contribution in [1.29, 1.82) is 0 Å². The molecule has 0 saturated heterocycles. The summed E-state index contributed by atoms with van der Waals surface area (Å²) >= 11 is 0. The van der Waals surface area contributed by atoms with Gasteiger partial charge in [0, 0.05) is 6.61 Å². The highest BCUT2D eigenvalue weighted by Crippen LogP contribution is 2.34. The lowest BCUT2D eigenvalue weighted by atomic mass is 9.74. The van der Waals surface area contributed by atoms with Crippen LogP contribution in [0.1, 0.15) is 30.4 Å². The summed E-state index contributed by atoms with van der Waals surface area (Å²) in [7, 11) is 0. The van der Waals surface area contributed by atoms with E-state index in [4.69, 9.17) is 0 Å². The van der Waals surface area contributed by atoms with Crippen molar-refractivity contribution in [2.75, 3.05) is 6.61 Å². The zero-order valence-electron chi connectivity index (χ0n) is 9.45. The Morgan fingerprint density at radius 2 is 1.93 bits per heavy atom. The van der Waals surface area contributed by atoms with Gasteiger partial charge in [0.05, 0.1) is 0 Å². The Bertz CT molecular complexity index is 298. The standard InChI is InChI=1S/C14H20O/c1-11-5-7-12(8-6-11)9-14(10-15)13-3-2-4-13/h5-8,13-15H,2-4,9-10H2,1H3. The molecule has 1 atom stereocenters. The first-order chi connectivity index (χ1) is 7.29. The molecule has 0 bridgehead atoms. The molecule has 1 unspecified atom stereocenters. The second-order valence-electron chi connectivity index (χ2n) is 4.82. The molecular weight excluding hydrogens is 184 g/mol. The number of aliphatic hydroxyl groups excluding tert-OH is 1. The van der Waals surface area contributed by atoms with Gasteiger partial charge < -0.3 is 5.11 Å². The highest BCUT2D eigenvalue weighted by atomic mass is 16.3. The molecule has 15 heavy (non-hydrogen) atoms. The van der Waals surface area contributed by atoms with Gasteiger partial charge in [0.1, 0.15) is 0 Å². The largest absolute Gasteiger partial charge is 0.396 e. The van der Waals surface area contributed by atoms with E-state index in [9.17, 15) is 5.11 Å². The second-order valence-corrected chi connectivity index (χ2v) is 4.82. The molecule has 82 valence electrons. The summed E-state index contributed by atoms with van der Waals surface area (Å²) in [5, 5.41) is 9.38. The first kappa shape index (κ1) is 10.7. The summed E-state index contributed by atoms with van der Waals surface area (Å²) in [5.41, 5.74) is 2.68. The Balaban J connectivity index is 1.96. The van der Waals surface area contributed by atoms with Crippen LogP contribution in [-0.4, -0.2) is 11.7 Å². The minimum atomic E-state index is 0.346. The summed E-state index contributed by atoms with van der Waals surface area (Å²) in [4.78, 5) is 0. The van der Waals surface area contributed by atoms with Crippen LogP contribution >= 0.6 is 0 Å². The SMILES string of the molecule is Cc1ccc(CC(CO)C2CCC2)cc1. The predicted octanol–water partition coefficient (Wildman–Crippen LogP) is 2.95. The molecule has 1 heteroatoms. The molecule has 0 aromatic heterocycles. The van der Waals surface area contributed by atoms with Crippen molar-refractivity contribution in [3.05, 3.63) is 35.4 Å². The normalized spacial score (nSPS) is 18.5. The summed E-state index contributed by atoms with van der Waals surface area (Å²) in [6.07, 6.45) is 5.03. The molecule has 0 radical (unpaired) electrons. The Morgan fingerprint density at radius 3 is 2.40 bits per heavy atom. The van der Waals surface area contributed by atoms with Gasteiger partial charge in [0.25, 0.3) is 0 Å². The van der Waals surface area contributed by atoms with Gasteiger partial charge in [-0.1, -0.05) is 49.1 Å². The van der Waals surface area contributed by atoms with Gasteiger partial charge in [-0.25, -0.2) is 0 Å². The van der Waals surface area contributed by atoms with Crippen LogP contribution in [0, 0.1) is 18.8 Å². The van der Waals surface area contributed by atoms with E-state index in [-0.39, 0.29) is 0 Å². The Hall–Kier alpha value is -0.820. The quantitative estimate of drug-likeness (QED) is 0.799. The Morgan fingerprint density at radius 1 is 1.27 bits per heavy atom. The maximum Gasteiger partial charge on any atom is 0.0465 e. The number of rotatable bonds is 4. The van der Waals surface area contributed by atoms with Crippen LogP contribution in [0.2, 0.25) is 0 Å². The van der Waals surface area contributed by atoms with Gasteiger partial charge in [-0.05, 0) is 30.7 Å². The van der Waals surface area contributed by atoms with Crippen LogP contribution in [0.3, 0.4) is 0 Å². The van der Waals surface area contributed by atoms with Crippen molar-refractivity contribution in [3.63, 3.8) is 0 Å². The summed E-state index contributed by atoms with van der Waals surface area (Å²) < 4.78 is 0. The zero-order chi connectivity index (χ0) is 10.7. The van der Waals surface area contributed by atoms with Crippen LogP contribution in [0.25, 0.3) is 0 Å². The third kappa shape index (κ3) is 2.60. The molecule has 0 heterocycles. The van der Waals surface area contributed by atoms with E-state index >= 15 is 0 Å². The Labute approximate surface area is 92.1 Å². The van der Waals surface area contributed by atoms with E-state index < -0.39 is 0 Å². The fourth-order valence-corrected chi connectivity index (χ4v) is 2.32. The molecule has 1 aromatic carbocycles. The van der Waals surface area contributed by atoms with Crippen molar-refractivity contribution >= 4 is 0 Å². The molecular formula is C14H20O. The minimum absolute atomic E-state index is 0.346. The number of hydrogen-bond donors (Lipinski definition) is 1. The lowest BCUT2D eigenvalue weighted by Crippen LogP contribution is -2.26. The maximum absolute atomic E-state index is 9.38. The van der Waals surface area contributed by atoms with Gasteiger partial charge in [-0.15, -0.1) is 0 Å². The highest BCUT2D eigenvalue weighted by Gasteiger charge is 2.26. The van der Waals surface area contributed by atoms with Crippen LogP contribution in [0.5, 0.6) is 0 Å². The van der Waals surface area contributed by atoms with E-state index in [0.29, 0.717) is 12.5 Å². The van der Waals surface area contributed by atoms with Gasteiger partial charge in [-0.2, -0.15) is 0 Å². The first-order valence-corrected chi connectivity index (χ1v) is 5.96. The molecule has 1 fully saturated rings. The molecule has 1 aliphatic rings. The van der Waals surface area contributed by atoms with Crippen molar-refractivity contribution in [1.82, 2.24) is 0 Å². The fourth-order valence-electron chi connectivity index (χ4n) is 2.32. The van der Waals surface area contributed by atoms with Crippen molar-refractivity contribution in [2.45, 2.75) is 32.6 Å². The van der Waals surface area contributed by atoms with E-state index in [1.165, 1.54) is 30.4 Å². The van der Waals surface area contributed by atoms with Crippen molar-refractivity contribution in [3.8, 4) is 0 Å². The number of aryl methyl sites for hydroxylation is 1. The van der Waals surface area contributed by atoms with E-state index in [2.05, 4.69) is 31.2 Å². The van der Waals surface area contributed by atoms with E-state index in [1.807, 2.05) is 0 Å². The van der Waals surface area contributed by atoms with Gasteiger partial charge in [-0.3, -0.25) is 0 Å². The lowest BCUT2D eigenvalue weighted by molar-refractivity contribution is 0.123. The van der Waals surface area contributed by atoms with Crippen LogP contribution < -0.4 is 0 Å². The van der Waals surface area contributed by atoms with Gasteiger partial charge in [0.15, 0.2) is 0 Å². The van der Waals surface area contributed by atoms with Gasteiger partial charge >= 0.3 is 0 Å². The average Bonchev–Trinajstić information content (AvgIpc) is 2.17. The fraction of sp³-hybridized carbons (Fsp3) is 0.571. The number of hydrogen-bond acceptors (Lipinski definition) is 1. The average molecular weight is 204 g/mol. The molecule has 1 N–H and O–H groups in total. The topological polar surface area (TPSA) is 20.2 Å². The molecule has 0 amide bonds. The van der Waals surface area contributed by atoms with E-state index in [0.717, 1.165) is 12.3 Å². The second kappa shape index (κ2) is 4.80. The monoisotopic (exact) mass is 204 g/mol. The molecule has 0 aliphatic heterocycles. The molecule has 2 rings (SSSR count). The number of aliphatic hydroxyl groups is 1. The first-order valence-electron chi connectivity index (χ1n) is 5.96. The van der Waals surface area contributed by atoms with Crippen LogP contribution in [-0.2, 0) is 6.42 Å². The van der Waals surface area contributed by atoms with Gasteiger partial charge in [0.2, 0.25) is 0 Å².